The van der Waals surface area contributed by atoms with Gasteiger partial charge in [-0.2, -0.15) is 0 Å². The summed E-state index contributed by atoms with van der Waals surface area (Å²) in [6.45, 7) is 13.3. The molecule has 3 aromatic heterocycles. The van der Waals surface area contributed by atoms with E-state index in [4.69, 9.17) is 4.98 Å². The van der Waals surface area contributed by atoms with Crippen molar-refractivity contribution in [2.45, 2.75) is 45.8 Å². The molecule has 0 saturated carbocycles. The van der Waals surface area contributed by atoms with Gasteiger partial charge in [-0.05, 0) is 36.6 Å². The van der Waals surface area contributed by atoms with Gasteiger partial charge in [0.1, 0.15) is 5.91 Å². The zero-order valence-corrected chi connectivity index (χ0v) is 21.5. The maximum atomic E-state index is 12.4. The smallest absolute Gasteiger partial charge is 0.647 e. The van der Waals surface area contributed by atoms with E-state index in [1.165, 1.54) is 5.19 Å². The minimum absolute atomic E-state index is 0. The minimum Gasteiger partial charge on any atom is -0.647 e. The van der Waals surface area contributed by atoms with E-state index in [0.717, 1.165) is 22.8 Å². The van der Waals surface area contributed by atoms with Crippen molar-refractivity contribution in [2.75, 3.05) is 6.54 Å². The number of aromatic nitrogens is 4. The van der Waals surface area contributed by atoms with Gasteiger partial charge in [-0.15, -0.1) is 6.54 Å². The molecule has 0 fully saturated rings. The van der Waals surface area contributed by atoms with Crippen LogP contribution in [0.1, 0.15) is 35.7 Å². The van der Waals surface area contributed by atoms with E-state index in [1.54, 1.807) is 24.4 Å². The summed E-state index contributed by atoms with van der Waals surface area (Å²) in [6, 6.07) is 11.5. The molecule has 0 N–H and O–H groups in total. The first-order valence-corrected chi connectivity index (χ1v) is 13.2. The predicted octanol–water partition coefficient (Wildman–Crippen LogP) is 3.84. The number of rotatable bonds is 6. The van der Waals surface area contributed by atoms with Crippen molar-refractivity contribution < 1.29 is 25.9 Å². The van der Waals surface area contributed by atoms with Gasteiger partial charge in [-0.1, -0.05) is 56.5 Å². The van der Waals surface area contributed by atoms with Gasteiger partial charge in [-0.3, -0.25) is 9.97 Å². The van der Waals surface area contributed by atoms with Crippen molar-refractivity contribution in [1.82, 2.24) is 20.2 Å². The molecule has 30 heavy (non-hydrogen) atoms. The van der Waals surface area contributed by atoms with E-state index in [-0.39, 0.29) is 27.0 Å². The largest absolute Gasteiger partial charge is 2.00 e. The van der Waals surface area contributed by atoms with Gasteiger partial charge < -0.3 is 20.3 Å². The molecule has 0 unspecified atom stereocenters. The summed E-state index contributed by atoms with van der Waals surface area (Å²) in [4.78, 5) is 21.4. The molecule has 0 spiro atoms. The molecule has 0 atom stereocenters. The Kier molecular flexibility index (Phi) is 7.53. The van der Waals surface area contributed by atoms with E-state index >= 15 is 0 Å². The van der Waals surface area contributed by atoms with Crippen molar-refractivity contribution >= 4 is 19.2 Å². The van der Waals surface area contributed by atoms with E-state index in [0.29, 0.717) is 12.2 Å². The normalized spacial score (nSPS) is 11.7. The molecular formula is C22H27N5OPtSi. The summed E-state index contributed by atoms with van der Waals surface area (Å²) in [5, 5.41) is 14.0. The van der Waals surface area contributed by atoms with Crippen LogP contribution in [0.25, 0.3) is 16.7 Å². The quantitative estimate of drug-likeness (QED) is 0.402. The Labute approximate surface area is 193 Å². The third kappa shape index (κ3) is 5.73. The van der Waals surface area contributed by atoms with Crippen molar-refractivity contribution in [2.24, 2.45) is 0 Å². The Balaban J connectivity index is 0.00000320. The third-order valence-electron chi connectivity index (χ3n) is 4.81. The van der Waals surface area contributed by atoms with Crippen molar-refractivity contribution in [3.8, 4) is 11.4 Å². The van der Waals surface area contributed by atoms with Gasteiger partial charge in [0.05, 0.1) is 13.8 Å². The van der Waals surface area contributed by atoms with Gasteiger partial charge >= 0.3 is 21.1 Å². The van der Waals surface area contributed by atoms with Crippen molar-refractivity contribution in [3.05, 3.63) is 65.0 Å². The van der Waals surface area contributed by atoms with Crippen LogP contribution in [0.2, 0.25) is 19.6 Å². The second-order valence-electron chi connectivity index (χ2n) is 8.97. The van der Waals surface area contributed by atoms with Crippen molar-refractivity contribution in [1.29, 1.82) is 0 Å². The molecule has 3 heterocycles. The summed E-state index contributed by atoms with van der Waals surface area (Å²) in [5.74, 6) is -0.308. The zero-order chi connectivity index (χ0) is 21.2. The number of carbonyl (C=O) groups excluding carboxylic acids is 1. The van der Waals surface area contributed by atoms with Crippen LogP contribution in [-0.2, 0) is 26.5 Å². The van der Waals surface area contributed by atoms with Crippen LogP contribution in [-0.4, -0.2) is 35.6 Å². The number of aryl methyl sites for hydroxylation is 1. The number of nitrogens with zero attached hydrogens (tertiary/aromatic N) is 5. The summed E-state index contributed by atoms with van der Waals surface area (Å²) in [5.41, 5.74) is 3.33. The Morgan fingerprint density at radius 3 is 2.47 bits per heavy atom. The number of pyridine rings is 2. The van der Waals surface area contributed by atoms with Crippen molar-refractivity contribution in [3.63, 3.8) is 0 Å². The summed E-state index contributed by atoms with van der Waals surface area (Å²) in [7, 11) is -1.59. The first-order chi connectivity index (χ1) is 13.6. The minimum atomic E-state index is -1.59. The standard InChI is InChI=1S/C22H28N5OSi.Pt/c1-15-11-19(27-26-15)18-12-16(29(4,5)6)13-20(25-18)22(2,3)14-24-21(28)17-9-7-8-10-23-17;/h7-13H,14H2,1-6H3,(H-,24,25,26,27,28);/q-1;+2/p-1. The molecule has 160 valence electrons. The molecule has 3 aromatic rings. The Morgan fingerprint density at radius 2 is 1.90 bits per heavy atom. The zero-order valence-electron chi connectivity index (χ0n) is 18.2. The average Bonchev–Trinajstić information content (AvgIpc) is 3.12. The Bertz CT molecular complexity index is 1010. The molecular weight excluding hydrogens is 573 g/mol. The number of carbonyl (C=O) groups is 1. The molecule has 0 aliphatic rings. The molecule has 1 amide bonds. The maximum Gasteiger partial charge on any atom is 2.00 e. The maximum absolute atomic E-state index is 12.4. The van der Waals surface area contributed by atoms with Crippen LogP contribution < -0.4 is 10.3 Å². The van der Waals surface area contributed by atoms with Gasteiger partial charge in [0.25, 0.3) is 0 Å². The Morgan fingerprint density at radius 1 is 1.17 bits per heavy atom. The number of amides is 1. The van der Waals surface area contributed by atoms with E-state index in [2.05, 4.69) is 66.1 Å². The van der Waals surface area contributed by atoms with Crippen LogP contribution >= 0.6 is 0 Å². The number of hydrogen-bond acceptors (Lipinski definition) is 4. The molecule has 0 bridgehead atoms. The summed E-state index contributed by atoms with van der Waals surface area (Å²) in [6.07, 6.45) is 1.60. The SMILES string of the molecule is Cc1cc(-c2cc([Si](C)(C)C)cc(C(C)(C)C[N-]C(=O)c3ccccn3)n2)[n-]n1.[Pt+2]. The van der Waals surface area contributed by atoms with Gasteiger partial charge in [-0.25, -0.2) is 0 Å². The molecule has 0 aromatic carbocycles. The van der Waals surface area contributed by atoms with E-state index in [1.807, 2.05) is 13.0 Å². The molecule has 8 heteroatoms. The topological polar surface area (TPSA) is 83.9 Å². The molecule has 6 nitrogen and oxygen atoms in total. The average molecular weight is 601 g/mol. The molecule has 0 aliphatic heterocycles. The molecule has 0 saturated heterocycles. The van der Waals surface area contributed by atoms with Crippen LogP contribution in [0, 0.1) is 6.92 Å². The molecule has 0 radical (unpaired) electrons. The predicted molar refractivity (Wildman–Crippen MR) is 118 cm³/mol. The fourth-order valence-electron chi connectivity index (χ4n) is 2.88. The van der Waals surface area contributed by atoms with Crippen LogP contribution in [0.4, 0.5) is 0 Å². The van der Waals surface area contributed by atoms with Gasteiger partial charge in [0.2, 0.25) is 0 Å². The Hall–Kier alpha value is -2.11. The molecule has 0 aliphatic carbocycles. The number of hydrogen-bond donors (Lipinski definition) is 0. The van der Waals surface area contributed by atoms with E-state index in [9.17, 15) is 4.79 Å². The van der Waals surface area contributed by atoms with E-state index < -0.39 is 13.5 Å². The first kappa shape index (κ1) is 24.2. The third-order valence-corrected chi connectivity index (χ3v) is 6.83. The molecule has 3 rings (SSSR count). The summed E-state index contributed by atoms with van der Waals surface area (Å²) >= 11 is 0. The fourth-order valence-corrected chi connectivity index (χ4v) is 4.02. The first-order valence-electron chi connectivity index (χ1n) is 9.69. The second kappa shape index (κ2) is 9.35. The van der Waals surface area contributed by atoms with Crippen LogP contribution in [0.15, 0.2) is 42.6 Å². The van der Waals surface area contributed by atoms with Crippen LogP contribution in [0.5, 0.6) is 0 Å². The fraction of sp³-hybridized carbons (Fsp3) is 0.364. The second-order valence-corrected chi connectivity index (χ2v) is 14.0. The van der Waals surface area contributed by atoms with Gasteiger partial charge in [0, 0.05) is 23.3 Å². The summed E-state index contributed by atoms with van der Waals surface area (Å²) < 4.78 is 0. The van der Waals surface area contributed by atoms with Crippen LogP contribution in [0.3, 0.4) is 0 Å². The van der Waals surface area contributed by atoms with Gasteiger partial charge in [0.15, 0.2) is 0 Å². The monoisotopic (exact) mass is 600 g/mol.